The third-order valence-corrected chi connectivity index (χ3v) is 8.40. The Morgan fingerprint density at radius 3 is 2.52 bits per heavy atom. The highest BCUT2D eigenvalue weighted by Gasteiger charge is 2.28. The van der Waals surface area contributed by atoms with Crippen LogP contribution in [-0.2, 0) is 14.6 Å². The summed E-state index contributed by atoms with van der Waals surface area (Å²) < 4.78 is 44.7. The lowest BCUT2D eigenvalue weighted by atomic mass is 9.89. The summed E-state index contributed by atoms with van der Waals surface area (Å²) in [6.45, 7) is 1.37. The number of carbonyl (C=O) groups excluding carboxylic acids is 1. The fourth-order valence-corrected chi connectivity index (χ4v) is 5.99. The number of carbonyl (C=O) groups is 1. The second-order valence-electron chi connectivity index (χ2n) is 10.2. The number of hydrogen-bond acceptors (Lipinski definition) is 5. The molecular formula is C30H29FN4O4S. The van der Waals surface area contributed by atoms with Gasteiger partial charge in [0.2, 0.25) is 0 Å². The number of H-pyrrole nitrogens is 1. The summed E-state index contributed by atoms with van der Waals surface area (Å²) in [4.78, 5) is 12.7. The Hall–Kier alpha value is -4.02. The molecule has 0 atom stereocenters. The SMILES string of the molecule is CS(=O)(=O)CCNC(=O)c1ccc(-c2c(C3CCOCC3)n(-c3ccc(F)cc3)c3cc4cn[nH]c4cc23)cc1. The van der Waals surface area contributed by atoms with E-state index in [1.807, 2.05) is 12.1 Å². The Kier molecular flexibility index (Phi) is 6.89. The quantitative estimate of drug-likeness (QED) is 0.292. The predicted octanol–water partition coefficient (Wildman–Crippen LogP) is 4.98. The van der Waals surface area contributed by atoms with E-state index in [0.717, 1.165) is 63.4 Å². The van der Waals surface area contributed by atoms with E-state index >= 15 is 0 Å². The van der Waals surface area contributed by atoms with Crippen molar-refractivity contribution in [1.29, 1.82) is 0 Å². The van der Waals surface area contributed by atoms with Crippen LogP contribution in [-0.4, -0.2) is 60.9 Å². The summed E-state index contributed by atoms with van der Waals surface area (Å²) in [5.74, 6) is -0.531. The number of ether oxygens (including phenoxy) is 1. The molecule has 1 saturated heterocycles. The van der Waals surface area contributed by atoms with Crippen molar-refractivity contribution in [2.24, 2.45) is 0 Å². The number of hydrogen-bond donors (Lipinski definition) is 2. The van der Waals surface area contributed by atoms with Gasteiger partial charge in [-0.25, -0.2) is 12.8 Å². The van der Waals surface area contributed by atoms with Crippen molar-refractivity contribution in [2.45, 2.75) is 18.8 Å². The maximum Gasteiger partial charge on any atom is 0.251 e. The van der Waals surface area contributed by atoms with Gasteiger partial charge < -0.3 is 14.6 Å². The van der Waals surface area contributed by atoms with E-state index in [-0.39, 0.29) is 29.9 Å². The number of rotatable bonds is 7. The molecule has 0 saturated carbocycles. The van der Waals surface area contributed by atoms with Crippen LogP contribution in [0, 0.1) is 5.82 Å². The van der Waals surface area contributed by atoms with Gasteiger partial charge in [0.1, 0.15) is 15.7 Å². The van der Waals surface area contributed by atoms with Crippen LogP contribution < -0.4 is 5.32 Å². The first-order valence-corrected chi connectivity index (χ1v) is 15.3. The number of aromatic amines is 1. The number of amides is 1. The van der Waals surface area contributed by atoms with E-state index in [0.29, 0.717) is 18.8 Å². The number of nitrogens with one attached hydrogen (secondary N) is 2. The van der Waals surface area contributed by atoms with Crippen LogP contribution in [0.2, 0.25) is 0 Å². The number of nitrogens with zero attached hydrogens (tertiary/aromatic N) is 2. The number of halogens is 1. The highest BCUT2D eigenvalue weighted by atomic mass is 32.2. The molecule has 40 heavy (non-hydrogen) atoms. The van der Waals surface area contributed by atoms with Gasteiger partial charge in [0.25, 0.3) is 5.91 Å². The van der Waals surface area contributed by atoms with Crippen molar-refractivity contribution in [3.63, 3.8) is 0 Å². The molecular weight excluding hydrogens is 531 g/mol. The lowest BCUT2D eigenvalue weighted by molar-refractivity contribution is 0.0843. The summed E-state index contributed by atoms with van der Waals surface area (Å²) >= 11 is 0. The minimum absolute atomic E-state index is 0.0542. The Bertz CT molecular complexity index is 1800. The van der Waals surface area contributed by atoms with Crippen LogP contribution in [0.3, 0.4) is 0 Å². The van der Waals surface area contributed by atoms with E-state index < -0.39 is 9.84 Å². The second-order valence-corrected chi connectivity index (χ2v) is 12.5. The Labute approximate surface area is 231 Å². The minimum atomic E-state index is -3.17. The van der Waals surface area contributed by atoms with Gasteiger partial charge >= 0.3 is 0 Å². The van der Waals surface area contributed by atoms with Crippen LogP contribution >= 0.6 is 0 Å². The molecule has 206 valence electrons. The van der Waals surface area contributed by atoms with Gasteiger partial charge in [0.05, 0.1) is 23.0 Å². The highest BCUT2D eigenvalue weighted by molar-refractivity contribution is 7.90. The molecule has 10 heteroatoms. The molecule has 0 bridgehead atoms. The number of sulfone groups is 1. The molecule has 1 aliphatic rings. The molecule has 2 N–H and O–H groups in total. The Balaban J connectivity index is 1.51. The summed E-state index contributed by atoms with van der Waals surface area (Å²) in [5, 5.41) is 12.0. The molecule has 5 aromatic rings. The summed E-state index contributed by atoms with van der Waals surface area (Å²) in [6.07, 6.45) is 4.64. The lowest BCUT2D eigenvalue weighted by Crippen LogP contribution is -2.28. The molecule has 1 amide bonds. The van der Waals surface area contributed by atoms with Gasteiger partial charge in [-0.1, -0.05) is 12.1 Å². The Morgan fingerprint density at radius 1 is 1.10 bits per heavy atom. The molecule has 8 nitrogen and oxygen atoms in total. The smallest absolute Gasteiger partial charge is 0.251 e. The lowest BCUT2D eigenvalue weighted by Gasteiger charge is -2.26. The Morgan fingerprint density at radius 2 is 1.82 bits per heavy atom. The number of benzene rings is 3. The van der Waals surface area contributed by atoms with E-state index in [2.05, 4.69) is 32.2 Å². The molecule has 0 unspecified atom stereocenters. The standard InChI is InChI=1S/C30H29FN4O4S/c1-40(37,38)15-12-32-30(36)21-4-2-19(3-5-21)28-25-17-26-22(18-33-34-26)16-27(25)35(24-8-6-23(31)7-9-24)29(28)20-10-13-39-14-11-20/h2-9,16-18,20H,10-15H2,1H3,(H,32,36)(H,33,34). The zero-order chi connectivity index (χ0) is 27.9. The highest BCUT2D eigenvalue weighted by Crippen LogP contribution is 2.44. The van der Waals surface area contributed by atoms with Crippen molar-refractivity contribution < 1.29 is 22.3 Å². The molecule has 1 aliphatic heterocycles. The molecule has 0 spiro atoms. The third kappa shape index (κ3) is 5.12. The van der Waals surface area contributed by atoms with Crippen molar-refractivity contribution >= 4 is 37.6 Å². The number of aromatic nitrogens is 3. The maximum atomic E-state index is 13.9. The largest absolute Gasteiger partial charge is 0.381 e. The summed E-state index contributed by atoms with van der Waals surface area (Å²) in [5.41, 5.74) is 6.32. The number of fused-ring (bicyclic) bond motifs is 2. The fourth-order valence-electron chi connectivity index (χ4n) is 5.51. The average molecular weight is 561 g/mol. The normalized spacial score (nSPS) is 14.7. The van der Waals surface area contributed by atoms with Crippen LogP contribution in [0.5, 0.6) is 0 Å². The van der Waals surface area contributed by atoms with Gasteiger partial charge in [-0.3, -0.25) is 9.89 Å². The predicted molar refractivity (Wildman–Crippen MR) is 153 cm³/mol. The minimum Gasteiger partial charge on any atom is -0.381 e. The summed E-state index contributed by atoms with van der Waals surface area (Å²) in [7, 11) is -3.17. The molecule has 0 radical (unpaired) electrons. The van der Waals surface area contributed by atoms with Crippen molar-refractivity contribution in [3.05, 3.63) is 83.9 Å². The first-order chi connectivity index (χ1) is 19.3. The second kappa shape index (κ2) is 10.5. The van der Waals surface area contributed by atoms with E-state index in [9.17, 15) is 17.6 Å². The van der Waals surface area contributed by atoms with Crippen molar-refractivity contribution in [3.8, 4) is 16.8 Å². The zero-order valence-corrected chi connectivity index (χ0v) is 22.8. The van der Waals surface area contributed by atoms with Crippen LogP contribution in [0.4, 0.5) is 4.39 Å². The average Bonchev–Trinajstić information content (AvgIpc) is 3.54. The fraction of sp³-hybridized carbons (Fsp3) is 0.267. The molecule has 6 rings (SSSR count). The van der Waals surface area contributed by atoms with Gasteiger partial charge in [-0.05, 0) is 66.9 Å². The van der Waals surface area contributed by atoms with Crippen molar-refractivity contribution in [2.75, 3.05) is 31.8 Å². The molecule has 0 aliphatic carbocycles. The van der Waals surface area contributed by atoms with Crippen LogP contribution in [0.1, 0.15) is 34.8 Å². The molecule has 3 heterocycles. The first-order valence-electron chi connectivity index (χ1n) is 13.2. The maximum absolute atomic E-state index is 13.9. The van der Waals surface area contributed by atoms with Crippen LogP contribution in [0.25, 0.3) is 38.6 Å². The molecule has 1 fully saturated rings. The third-order valence-electron chi connectivity index (χ3n) is 7.45. The van der Waals surface area contributed by atoms with Gasteiger partial charge in [-0.2, -0.15) is 5.10 Å². The van der Waals surface area contributed by atoms with Gasteiger partial charge in [0, 0.05) is 65.2 Å². The van der Waals surface area contributed by atoms with Gasteiger partial charge in [0.15, 0.2) is 0 Å². The van der Waals surface area contributed by atoms with E-state index in [1.54, 1.807) is 30.5 Å². The van der Waals surface area contributed by atoms with Gasteiger partial charge in [-0.15, -0.1) is 0 Å². The van der Waals surface area contributed by atoms with E-state index in [1.165, 1.54) is 12.1 Å². The van der Waals surface area contributed by atoms with Crippen LogP contribution in [0.15, 0.2) is 66.9 Å². The first kappa shape index (κ1) is 26.2. The zero-order valence-electron chi connectivity index (χ0n) is 22.0. The molecule has 3 aromatic carbocycles. The van der Waals surface area contributed by atoms with Crippen molar-refractivity contribution in [1.82, 2.24) is 20.1 Å². The molecule has 2 aromatic heterocycles. The van der Waals surface area contributed by atoms with E-state index in [4.69, 9.17) is 4.74 Å². The monoisotopic (exact) mass is 560 g/mol. The topological polar surface area (TPSA) is 106 Å². The summed E-state index contributed by atoms with van der Waals surface area (Å²) in [6, 6.07) is 18.1.